The predicted molar refractivity (Wildman–Crippen MR) is 58.9 cm³/mol. The van der Waals surface area contributed by atoms with Crippen molar-refractivity contribution >= 4 is 11.9 Å². The van der Waals surface area contributed by atoms with E-state index in [1.807, 2.05) is 0 Å². The number of amides is 1. The van der Waals surface area contributed by atoms with Crippen LogP contribution < -0.4 is 5.32 Å². The summed E-state index contributed by atoms with van der Waals surface area (Å²) >= 11 is 0. The molecule has 0 unspecified atom stereocenters. The number of pyridine rings is 1. The quantitative estimate of drug-likeness (QED) is 0.823. The molecule has 1 amide bonds. The molecule has 2 aromatic heterocycles. The molecule has 7 nitrogen and oxygen atoms in total. The molecule has 0 aromatic carbocycles. The highest BCUT2D eigenvalue weighted by Gasteiger charge is 2.17. The van der Waals surface area contributed by atoms with Gasteiger partial charge in [0.25, 0.3) is 5.91 Å². The van der Waals surface area contributed by atoms with Crippen molar-refractivity contribution < 1.29 is 19.2 Å². The van der Waals surface area contributed by atoms with E-state index in [0.717, 1.165) is 0 Å². The second kappa shape index (κ2) is 5.09. The van der Waals surface area contributed by atoms with Crippen molar-refractivity contribution in [2.45, 2.75) is 6.54 Å². The Bertz CT molecular complexity index is 565. The van der Waals surface area contributed by atoms with E-state index in [9.17, 15) is 9.59 Å². The van der Waals surface area contributed by atoms with Gasteiger partial charge in [-0.25, -0.2) is 4.79 Å². The van der Waals surface area contributed by atoms with Gasteiger partial charge in [-0.05, 0) is 12.1 Å². The normalized spacial score (nSPS) is 10.0. The van der Waals surface area contributed by atoms with Crippen molar-refractivity contribution in [3.8, 4) is 0 Å². The van der Waals surface area contributed by atoms with Crippen LogP contribution in [0.25, 0.3) is 0 Å². The summed E-state index contributed by atoms with van der Waals surface area (Å²) in [6.07, 6.45) is 2.81. The van der Waals surface area contributed by atoms with Crippen molar-refractivity contribution in [1.29, 1.82) is 0 Å². The molecule has 92 valence electrons. The molecule has 0 aliphatic rings. The van der Waals surface area contributed by atoms with Crippen molar-refractivity contribution in [2.75, 3.05) is 0 Å². The van der Waals surface area contributed by atoms with E-state index < -0.39 is 11.9 Å². The molecule has 0 atom stereocenters. The highest BCUT2D eigenvalue weighted by molar-refractivity contribution is 6.03. The first kappa shape index (κ1) is 11.8. The highest BCUT2D eigenvalue weighted by Crippen LogP contribution is 2.05. The number of aromatic nitrogens is 2. The summed E-state index contributed by atoms with van der Waals surface area (Å²) in [6, 6.07) is 4.37. The fourth-order valence-corrected chi connectivity index (χ4v) is 1.34. The molecular weight excluding hydrogens is 238 g/mol. The van der Waals surface area contributed by atoms with Crippen molar-refractivity contribution in [3.05, 3.63) is 47.6 Å². The standard InChI is InChI=1S/C11H9N3O4/c15-10(13-6-7-3-5-14-18-7)9-8(11(16)17)2-1-4-12-9/h1-5H,6H2,(H,13,15)(H,16,17). The second-order valence-electron chi connectivity index (χ2n) is 3.37. The van der Waals surface area contributed by atoms with Crippen LogP contribution in [0.2, 0.25) is 0 Å². The molecule has 0 spiro atoms. The maximum Gasteiger partial charge on any atom is 0.338 e. The minimum atomic E-state index is -1.20. The van der Waals surface area contributed by atoms with Crippen LogP contribution in [-0.4, -0.2) is 27.1 Å². The monoisotopic (exact) mass is 247 g/mol. The van der Waals surface area contributed by atoms with Gasteiger partial charge >= 0.3 is 5.97 Å². The number of nitrogens with zero attached hydrogens (tertiary/aromatic N) is 2. The predicted octanol–water partition coefficient (Wildman–Crippen LogP) is 0.698. The summed E-state index contributed by atoms with van der Waals surface area (Å²) in [6.45, 7) is 0.120. The summed E-state index contributed by atoms with van der Waals surface area (Å²) in [5.74, 6) is -1.31. The number of rotatable bonds is 4. The Labute approximate surface area is 101 Å². The number of carbonyl (C=O) groups excluding carboxylic acids is 1. The van der Waals surface area contributed by atoms with E-state index in [4.69, 9.17) is 9.63 Å². The summed E-state index contributed by atoms with van der Waals surface area (Å²) in [7, 11) is 0. The number of hydrogen-bond acceptors (Lipinski definition) is 5. The lowest BCUT2D eigenvalue weighted by Gasteiger charge is -2.04. The van der Waals surface area contributed by atoms with Gasteiger partial charge in [0, 0.05) is 12.3 Å². The highest BCUT2D eigenvalue weighted by atomic mass is 16.5. The zero-order valence-corrected chi connectivity index (χ0v) is 9.16. The van der Waals surface area contributed by atoms with Gasteiger partial charge in [0.1, 0.15) is 5.69 Å². The summed E-state index contributed by atoms with van der Waals surface area (Å²) in [5, 5.41) is 14.9. The summed E-state index contributed by atoms with van der Waals surface area (Å²) in [4.78, 5) is 26.4. The van der Waals surface area contributed by atoms with Crippen LogP contribution in [0.3, 0.4) is 0 Å². The Morgan fingerprint density at radius 1 is 1.33 bits per heavy atom. The van der Waals surface area contributed by atoms with Crippen LogP contribution in [-0.2, 0) is 6.54 Å². The van der Waals surface area contributed by atoms with Crippen LogP contribution in [0.5, 0.6) is 0 Å². The average Bonchev–Trinajstić information content (AvgIpc) is 2.89. The third kappa shape index (κ3) is 2.51. The lowest BCUT2D eigenvalue weighted by atomic mass is 10.2. The lowest BCUT2D eigenvalue weighted by Crippen LogP contribution is -2.25. The average molecular weight is 247 g/mol. The Balaban J connectivity index is 2.11. The molecule has 7 heteroatoms. The zero-order chi connectivity index (χ0) is 13.0. The van der Waals surface area contributed by atoms with Gasteiger partial charge in [-0.1, -0.05) is 5.16 Å². The molecule has 2 aromatic rings. The zero-order valence-electron chi connectivity index (χ0n) is 9.16. The maximum absolute atomic E-state index is 11.8. The molecule has 18 heavy (non-hydrogen) atoms. The first-order valence-electron chi connectivity index (χ1n) is 5.04. The van der Waals surface area contributed by atoms with E-state index in [1.165, 1.54) is 24.5 Å². The summed E-state index contributed by atoms with van der Waals surface area (Å²) in [5.41, 5.74) is -0.280. The van der Waals surface area contributed by atoms with E-state index in [2.05, 4.69) is 15.5 Å². The number of aromatic carboxylic acids is 1. The molecule has 0 fully saturated rings. The van der Waals surface area contributed by atoms with E-state index in [0.29, 0.717) is 5.76 Å². The molecule has 0 aliphatic heterocycles. The maximum atomic E-state index is 11.8. The van der Waals surface area contributed by atoms with Crippen molar-refractivity contribution in [3.63, 3.8) is 0 Å². The van der Waals surface area contributed by atoms with Gasteiger partial charge in [0.05, 0.1) is 18.3 Å². The Morgan fingerprint density at radius 2 is 2.17 bits per heavy atom. The van der Waals surface area contributed by atoms with Gasteiger partial charge in [0.2, 0.25) is 0 Å². The number of carbonyl (C=O) groups is 2. The van der Waals surface area contributed by atoms with Gasteiger partial charge in [-0.2, -0.15) is 0 Å². The van der Waals surface area contributed by atoms with Gasteiger partial charge in [0.15, 0.2) is 5.76 Å². The van der Waals surface area contributed by atoms with E-state index in [-0.39, 0.29) is 17.8 Å². The molecule has 0 aliphatic carbocycles. The van der Waals surface area contributed by atoms with Crippen LogP contribution in [0.4, 0.5) is 0 Å². The fourth-order valence-electron chi connectivity index (χ4n) is 1.34. The Kier molecular flexibility index (Phi) is 3.33. The van der Waals surface area contributed by atoms with Crippen LogP contribution in [0.1, 0.15) is 26.6 Å². The number of carboxylic acids is 1. The number of carboxylic acid groups (broad SMARTS) is 1. The first-order chi connectivity index (χ1) is 8.68. The van der Waals surface area contributed by atoms with Gasteiger partial charge < -0.3 is 14.9 Å². The molecular formula is C11H9N3O4. The smallest absolute Gasteiger partial charge is 0.338 e. The SMILES string of the molecule is O=C(O)c1cccnc1C(=O)NCc1ccno1. The van der Waals surface area contributed by atoms with E-state index >= 15 is 0 Å². The Hall–Kier alpha value is -2.70. The number of hydrogen-bond donors (Lipinski definition) is 2. The molecule has 0 saturated heterocycles. The van der Waals surface area contributed by atoms with Crippen molar-refractivity contribution in [2.24, 2.45) is 0 Å². The molecule has 0 saturated carbocycles. The Morgan fingerprint density at radius 3 is 2.83 bits per heavy atom. The molecule has 2 N–H and O–H groups in total. The first-order valence-corrected chi connectivity index (χ1v) is 5.04. The third-order valence-corrected chi connectivity index (χ3v) is 2.17. The topological polar surface area (TPSA) is 105 Å². The minimum absolute atomic E-state index is 0.120. The second-order valence-corrected chi connectivity index (χ2v) is 3.37. The minimum Gasteiger partial charge on any atom is -0.478 e. The van der Waals surface area contributed by atoms with Crippen LogP contribution >= 0.6 is 0 Å². The lowest BCUT2D eigenvalue weighted by molar-refractivity contribution is 0.0690. The molecule has 2 rings (SSSR count). The third-order valence-electron chi connectivity index (χ3n) is 2.17. The fraction of sp³-hybridized carbons (Fsp3) is 0.0909. The van der Waals surface area contributed by atoms with Crippen molar-refractivity contribution in [1.82, 2.24) is 15.5 Å². The molecule has 0 radical (unpaired) electrons. The molecule has 2 heterocycles. The summed E-state index contributed by atoms with van der Waals surface area (Å²) < 4.78 is 4.80. The van der Waals surface area contributed by atoms with Crippen LogP contribution in [0.15, 0.2) is 35.1 Å². The van der Waals surface area contributed by atoms with Crippen LogP contribution in [0, 0.1) is 0 Å². The largest absolute Gasteiger partial charge is 0.478 e. The van der Waals surface area contributed by atoms with Gasteiger partial charge in [-0.3, -0.25) is 9.78 Å². The molecule has 0 bridgehead atoms. The van der Waals surface area contributed by atoms with Gasteiger partial charge in [-0.15, -0.1) is 0 Å². The number of nitrogens with one attached hydrogen (secondary N) is 1. The van der Waals surface area contributed by atoms with E-state index in [1.54, 1.807) is 6.07 Å².